The maximum Gasteiger partial charge on any atom is 0.352 e. The number of aliphatic carboxylic acids is 1. The number of oxime groups is 1. The minimum atomic E-state index is -1.26. The number of carboxylic acids is 1. The maximum absolute atomic E-state index is 13.0. The third-order valence-corrected chi connectivity index (χ3v) is 8.12. The Kier molecular flexibility index (Phi) is 8.59. The van der Waals surface area contributed by atoms with Crippen molar-refractivity contribution >= 4 is 63.5 Å². The van der Waals surface area contributed by atoms with Gasteiger partial charge < -0.3 is 31.8 Å². The van der Waals surface area contributed by atoms with E-state index in [2.05, 4.69) is 31.0 Å². The molecular weight excluding hydrogens is 548 g/mol. The molecule has 0 aromatic carbocycles. The van der Waals surface area contributed by atoms with E-state index < -0.39 is 29.2 Å². The normalized spacial score (nSPS) is 19.5. The van der Waals surface area contributed by atoms with Crippen LogP contribution in [-0.4, -0.2) is 106 Å². The standard InChI is InChI=1S/C18H22N10O6S3/c19-1-4-34-24-10(9-7-36-17(20)21-9)13(30)22-11-14(31)28-12(16(32)33)8(5-35-15(11)28)6-37-18-23-25-26-27(18)2-3-29/h7,11,15,29H,1-6,19H2,(H2,20,21)(H,22,30)(H,32,33)/b24-10+. The van der Waals surface area contributed by atoms with Gasteiger partial charge in [-0.25, -0.2) is 14.5 Å². The Labute approximate surface area is 221 Å². The number of aromatic nitrogens is 5. The monoisotopic (exact) mass is 570 g/mol. The van der Waals surface area contributed by atoms with E-state index in [0.717, 1.165) is 16.2 Å². The summed E-state index contributed by atoms with van der Waals surface area (Å²) < 4.78 is 1.40. The molecule has 0 radical (unpaired) electrons. The lowest BCUT2D eigenvalue weighted by Crippen LogP contribution is -2.71. The minimum absolute atomic E-state index is 0.0605. The number of tetrazole rings is 1. The molecule has 2 unspecified atom stereocenters. The predicted octanol–water partition coefficient (Wildman–Crippen LogP) is -2.09. The summed E-state index contributed by atoms with van der Waals surface area (Å²) in [5.41, 5.74) is 11.4. The lowest BCUT2D eigenvalue weighted by Gasteiger charge is -2.49. The van der Waals surface area contributed by atoms with Crippen molar-refractivity contribution in [1.82, 2.24) is 35.4 Å². The molecule has 0 bridgehead atoms. The Morgan fingerprint density at radius 1 is 1.41 bits per heavy atom. The molecular formula is C18H22N10O6S3. The number of fused-ring (bicyclic) bond motifs is 1. The Hall–Kier alpha value is -3.26. The molecule has 198 valence electrons. The van der Waals surface area contributed by atoms with Gasteiger partial charge in [0.1, 0.15) is 29.4 Å². The molecule has 0 saturated carbocycles. The first-order valence-electron chi connectivity index (χ1n) is 10.7. The van der Waals surface area contributed by atoms with Gasteiger partial charge in [0.15, 0.2) is 10.8 Å². The van der Waals surface area contributed by atoms with Crippen LogP contribution >= 0.6 is 34.9 Å². The Balaban J connectivity index is 1.48. The number of thiazole rings is 1. The van der Waals surface area contributed by atoms with Crippen LogP contribution < -0.4 is 16.8 Å². The number of amides is 2. The summed E-state index contributed by atoms with van der Waals surface area (Å²) in [5, 5.41) is 38.1. The number of aliphatic hydroxyl groups excluding tert-OH is 1. The van der Waals surface area contributed by atoms with Gasteiger partial charge in [-0.1, -0.05) is 16.9 Å². The van der Waals surface area contributed by atoms with E-state index in [4.69, 9.17) is 21.4 Å². The van der Waals surface area contributed by atoms with Gasteiger partial charge in [-0.3, -0.25) is 14.5 Å². The van der Waals surface area contributed by atoms with Crippen molar-refractivity contribution in [2.24, 2.45) is 10.9 Å². The number of hydrogen-bond donors (Lipinski definition) is 5. The van der Waals surface area contributed by atoms with Crippen LogP contribution in [0.15, 0.2) is 27.0 Å². The van der Waals surface area contributed by atoms with Crippen LogP contribution in [0.3, 0.4) is 0 Å². The molecule has 2 aliphatic rings. The van der Waals surface area contributed by atoms with Crippen molar-refractivity contribution in [1.29, 1.82) is 0 Å². The summed E-state index contributed by atoms with van der Waals surface area (Å²) in [5.74, 6) is -2.03. The zero-order valence-corrected chi connectivity index (χ0v) is 21.5. The highest BCUT2D eigenvalue weighted by atomic mass is 32.2. The molecule has 7 N–H and O–H groups in total. The molecule has 37 heavy (non-hydrogen) atoms. The molecule has 19 heteroatoms. The molecule has 4 rings (SSSR count). The van der Waals surface area contributed by atoms with Crippen LogP contribution in [0, 0.1) is 0 Å². The summed E-state index contributed by atoms with van der Waals surface area (Å²) in [7, 11) is 0. The van der Waals surface area contributed by atoms with E-state index in [0.29, 0.717) is 16.5 Å². The molecule has 0 spiro atoms. The van der Waals surface area contributed by atoms with Crippen LogP contribution in [0.1, 0.15) is 5.69 Å². The fraction of sp³-hybridized carbons (Fsp3) is 0.444. The van der Waals surface area contributed by atoms with Crippen molar-refractivity contribution < 1.29 is 29.4 Å². The Morgan fingerprint density at radius 2 is 2.22 bits per heavy atom. The lowest BCUT2D eigenvalue weighted by molar-refractivity contribution is -0.150. The number of nitrogens with two attached hydrogens (primary N) is 2. The van der Waals surface area contributed by atoms with Gasteiger partial charge in [0.05, 0.1) is 13.2 Å². The van der Waals surface area contributed by atoms with Gasteiger partial charge in [-0.2, -0.15) is 0 Å². The van der Waals surface area contributed by atoms with Gasteiger partial charge in [0.25, 0.3) is 11.8 Å². The summed E-state index contributed by atoms with van der Waals surface area (Å²) in [6.45, 7) is 0.271. The van der Waals surface area contributed by atoms with Crippen molar-refractivity contribution in [3.8, 4) is 0 Å². The Bertz CT molecular complexity index is 1250. The highest BCUT2D eigenvalue weighted by Gasteiger charge is 2.54. The quantitative estimate of drug-likeness (QED) is 0.0605. The van der Waals surface area contributed by atoms with Crippen LogP contribution in [0.5, 0.6) is 0 Å². The van der Waals surface area contributed by atoms with Crippen LogP contribution in [0.25, 0.3) is 0 Å². The van der Waals surface area contributed by atoms with Crippen molar-refractivity contribution in [2.45, 2.75) is 23.1 Å². The first-order valence-corrected chi connectivity index (χ1v) is 13.6. The third-order valence-electron chi connectivity index (χ3n) is 5.07. The number of nitrogen functional groups attached to an aromatic ring is 1. The van der Waals surface area contributed by atoms with E-state index in [1.165, 1.54) is 33.6 Å². The molecule has 0 aliphatic carbocycles. The number of thioether (sulfide) groups is 2. The average molecular weight is 571 g/mol. The van der Waals surface area contributed by atoms with E-state index in [9.17, 15) is 19.5 Å². The fourth-order valence-electron chi connectivity index (χ4n) is 3.45. The van der Waals surface area contributed by atoms with Gasteiger partial charge in [-0.05, 0) is 16.0 Å². The number of nitrogens with zero attached hydrogens (tertiary/aromatic N) is 7. The van der Waals surface area contributed by atoms with Crippen molar-refractivity contribution in [3.63, 3.8) is 0 Å². The first-order chi connectivity index (χ1) is 17.8. The van der Waals surface area contributed by atoms with E-state index in [-0.39, 0.29) is 54.3 Å². The third kappa shape index (κ3) is 5.69. The second kappa shape index (κ2) is 11.9. The molecule has 2 aromatic heterocycles. The highest BCUT2D eigenvalue weighted by molar-refractivity contribution is 8.01. The molecule has 16 nitrogen and oxygen atoms in total. The predicted molar refractivity (Wildman–Crippen MR) is 133 cm³/mol. The smallest absolute Gasteiger partial charge is 0.352 e. The second-order valence-electron chi connectivity index (χ2n) is 7.45. The van der Waals surface area contributed by atoms with Gasteiger partial charge in [0.2, 0.25) is 5.16 Å². The largest absolute Gasteiger partial charge is 0.477 e. The van der Waals surface area contributed by atoms with Crippen LogP contribution in [0.4, 0.5) is 5.13 Å². The minimum Gasteiger partial charge on any atom is -0.477 e. The SMILES string of the molecule is NCCO/N=C(/C(=O)NC1C(=O)N2C(C(=O)O)=C(CSc3nnnn3CCO)CSC12)c1csc(N)n1. The summed E-state index contributed by atoms with van der Waals surface area (Å²) in [6.07, 6.45) is 0. The number of anilines is 1. The van der Waals surface area contributed by atoms with Crippen molar-refractivity contribution in [2.75, 3.05) is 37.0 Å². The molecule has 4 heterocycles. The second-order valence-corrected chi connectivity index (χ2v) is 10.4. The molecule has 2 atom stereocenters. The number of rotatable bonds is 12. The van der Waals surface area contributed by atoms with E-state index in [1.54, 1.807) is 0 Å². The molecule has 1 fully saturated rings. The molecule has 2 aromatic rings. The molecule has 1 saturated heterocycles. The number of nitrogens with one attached hydrogen (secondary N) is 1. The number of hydrogen-bond acceptors (Lipinski definition) is 15. The lowest BCUT2D eigenvalue weighted by atomic mass is 10.0. The summed E-state index contributed by atoms with van der Waals surface area (Å²) >= 11 is 3.61. The van der Waals surface area contributed by atoms with Gasteiger partial charge >= 0.3 is 5.97 Å². The topological polar surface area (TPSA) is 237 Å². The summed E-state index contributed by atoms with van der Waals surface area (Å²) in [4.78, 5) is 48.3. The van der Waals surface area contributed by atoms with E-state index >= 15 is 0 Å². The average Bonchev–Trinajstić information content (AvgIpc) is 3.51. The van der Waals surface area contributed by atoms with Crippen LogP contribution in [-0.2, 0) is 25.8 Å². The van der Waals surface area contributed by atoms with Crippen molar-refractivity contribution in [3.05, 3.63) is 22.3 Å². The number of carboxylic acid groups (broad SMARTS) is 1. The number of carbonyl (C=O) groups is 3. The zero-order chi connectivity index (χ0) is 26.5. The highest BCUT2D eigenvalue weighted by Crippen LogP contribution is 2.41. The van der Waals surface area contributed by atoms with Gasteiger partial charge in [0, 0.05) is 23.4 Å². The maximum atomic E-state index is 13.0. The number of aliphatic hydroxyl groups is 1. The number of β-lactam (4-membered cyclic amide) rings is 1. The Morgan fingerprint density at radius 3 is 2.89 bits per heavy atom. The molecule has 2 aliphatic heterocycles. The zero-order valence-electron chi connectivity index (χ0n) is 19.0. The van der Waals surface area contributed by atoms with Gasteiger partial charge in [-0.15, -0.1) is 28.2 Å². The molecule has 2 amide bonds. The fourth-order valence-corrected chi connectivity index (χ4v) is 6.39. The van der Waals surface area contributed by atoms with E-state index in [1.807, 2.05) is 0 Å². The van der Waals surface area contributed by atoms with Crippen LogP contribution in [0.2, 0.25) is 0 Å². The summed E-state index contributed by atoms with van der Waals surface area (Å²) in [6, 6.07) is -0.978. The number of carbonyl (C=O) groups excluding carboxylic acids is 2. The first kappa shape index (κ1) is 26.8.